The second-order valence-corrected chi connectivity index (χ2v) is 6.61. The summed E-state index contributed by atoms with van der Waals surface area (Å²) < 4.78 is 49.0. The van der Waals surface area contributed by atoms with Gasteiger partial charge in [-0.3, -0.25) is 4.99 Å². The van der Waals surface area contributed by atoms with Gasteiger partial charge in [0.25, 0.3) is 0 Å². The minimum Gasteiger partial charge on any atom is -0.497 e. The lowest BCUT2D eigenvalue weighted by Crippen LogP contribution is -2.46. The SMILES string of the molecule is CN=C(NCCCOc1cccc(OC)c1)NC1CCC(C(F)(F)F)CC1. The van der Waals surface area contributed by atoms with E-state index < -0.39 is 12.1 Å². The monoisotopic (exact) mass is 387 g/mol. The smallest absolute Gasteiger partial charge is 0.391 e. The summed E-state index contributed by atoms with van der Waals surface area (Å²) in [5.41, 5.74) is 0. The summed E-state index contributed by atoms with van der Waals surface area (Å²) in [6, 6.07) is 7.44. The first-order valence-corrected chi connectivity index (χ1v) is 9.23. The van der Waals surface area contributed by atoms with Gasteiger partial charge in [0.05, 0.1) is 19.6 Å². The Morgan fingerprint density at radius 1 is 1.19 bits per heavy atom. The number of benzene rings is 1. The lowest BCUT2D eigenvalue weighted by Gasteiger charge is -2.31. The Morgan fingerprint density at radius 2 is 1.89 bits per heavy atom. The molecule has 2 rings (SSSR count). The van der Waals surface area contributed by atoms with Crippen molar-refractivity contribution in [1.29, 1.82) is 0 Å². The fourth-order valence-electron chi connectivity index (χ4n) is 3.11. The molecule has 1 aromatic carbocycles. The summed E-state index contributed by atoms with van der Waals surface area (Å²) in [5.74, 6) is 0.944. The van der Waals surface area contributed by atoms with E-state index in [0.717, 1.165) is 17.9 Å². The molecule has 27 heavy (non-hydrogen) atoms. The zero-order valence-electron chi connectivity index (χ0n) is 15.8. The molecule has 0 saturated heterocycles. The van der Waals surface area contributed by atoms with Gasteiger partial charge in [0, 0.05) is 25.7 Å². The van der Waals surface area contributed by atoms with Gasteiger partial charge in [0.1, 0.15) is 11.5 Å². The van der Waals surface area contributed by atoms with Crippen LogP contribution in [0.25, 0.3) is 0 Å². The average Bonchev–Trinajstić information content (AvgIpc) is 2.66. The number of ether oxygens (including phenoxy) is 2. The van der Waals surface area contributed by atoms with Gasteiger partial charge in [-0.1, -0.05) is 6.07 Å². The minimum atomic E-state index is -4.08. The van der Waals surface area contributed by atoms with Gasteiger partial charge in [-0.05, 0) is 44.2 Å². The fourth-order valence-corrected chi connectivity index (χ4v) is 3.11. The second-order valence-electron chi connectivity index (χ2n) is 6.61. The van der Waals surface area contributed by atoms with E-state index in [1.54, 1.807) is 14.2 Å². The number of methoxy groups -OCH3 is 1. The third kappa shape index (κ3) is 7.19. The molecule has 0 bridgehead atoms. The van der Waals surface area contributed by atoms with E-state index in [0.29, 0.717) is 32.0 Å². The molecule has 0 aromatic heterocycles. The topological polar surface area (TPSA) is 54.9 Å². The Morgan fingerprint density at radius 3 is 2.52 bits per heavy atom. The third-order valence-electron chi connectivity index (χ3n) is 4.68. The lowest BCUT2D eigenvalue weighted by atomic mass is 9.85. The van der Waals surface area contributed by atoms with Gasteiger partial charge in [-0.25, -0.2) is 0 Å². The Labute approximate surface area is 158 Å². The molecule has 1 saturated carbocycles. The molecule has 0 aliphatic heterocycles. The van der Waals surface area contributed by atoms with Gasteiger partial charge in [0.15, 0.2) is 5.96 Å². The highest BCUT2D eigenvalue weighted by Crippen LogP contribution is 2.37. The lowest BCUT2D eigenvalue weighted by molar-refractivity contribution is -0.182. The first-order valence-electron chi connectivity index (χ1n) is 9.23. The molecule has 5 nitrogen and oxygen atoms in total. The molecular formula is C19H28F3N3O2. The molecular weight excluding hydrogens is 359 g/mol. The van der Waals surface area contributed by atoms with Gasteiger partial charge in [-0.2, -0.15) is 13.2 Å². The molecule has 0 atom stereocenters. The molecule has 2 N–H and O–H groups in total. The van der Waals surface area contributed by atoms with Crippen molar-refractivity contribution in [3.63, 3.8) is 0 Å². The van der Waals surface area contributed by atoms with E-state index in [1.165, 1.54) is 0 Å². The van der Waals surface area contributed by atoms with Crippen molar-refractivity contribution in [2.24, 2.45) is 10.9 Å². The van der Waals surface area contributed by atoms with Crippen LogP contribution in [-0.2, 0) is 0 Å². The van der Waals surface area contributed by atoms with Crippen LogP contribution in [0.15, 0.2) is 29.3 Å². The Kier molecular flexibility index (Phi) is 8.06. The largest absolute Gasteiger partial charge is 0.497 e. The number of halogens is 3. The first kappa shape index (κ1) is 21.2. The molecule has 0 spiro atoms. The number of aliphatic imine (C=N–C) groups is 1. The fraction of sp³-hybridized carbons (Fsp3) is 0.632. The van der Waals surface area contributed by atoms with Crippen molar-refractivity contribution in [2.75, 3.05) is 27.3 Å². The van der Waals surface area contributed by atoms with Crippen LogP contribution in [0.2, 0.25) is 0 Å². The van der Waals surface area contributed by atoms with Crippen LogP contribution in [0.5, 0.6) is 11.5 Å². The standard InChI is InChI=1S/C19H28F3N3O2/c1-23-18(25-15-9-7-14(8-10-15)19(20,21)22)24-11-4-12-27-17-6-3-5-16(13-17)26-2/h3,5-6,13-15H,4,7-12H2,1-2H3,(H2,23,24,25). The molecule has 0 amide bonds. The average molecular weight is 387 g/mol. The van der Waals surface area contributed by atoms with Crippen molar-refractivity contribution in [2.45, 2.75) is 44.3 Å². The molecule has 8 heteroatoms. The molecule has 1 aromatic rings. The van der Waals surface area contributed by atoms with Crippen molar-refractivity contribution in [1.82, 2.24) is 10.6 Å². The molecule has 1 fully saturated rings. The van der Waals surface area contributed by atoms with Crippen LogP contribution >= 0.6 is 0 Å². The van der Waals surface area contributed by atoms with Crippen LogP contribution in [0.3, 0.4) is 0 Å². The zero-order chi connectivity index (χ0) is 19.7. The number of guanidine groups is 1. The van der Waals surface area contributed by atoms with Gasteiger partial charge in [-0.15, -0.1) is 0 Å². The van der Waals surface area contributed by atoms with Crippen molar-refractivity contribution >= 4 is 5.96 Å². The number of nitrogens with one attached hydrogen (secondary N) is 2. The van der Waals surface area contributed by atoms with Crippen LogP contribution in [0.1, 0.15) is 32.1 Å². The van der Waals surface area contributed by atoms with E-state index in [2.05, 4.69) is 15.6 Å². The first-order chi connectivity index (χ1) is 12.9. The van der Waals surface area contributed by atoms with Gasteiger partial charge in [0.2, 0.25) is 0 Å². The Bertz CT molecular complexity index is 600. The predicted octanol–water partition coefficient (Wildman–Crippen LogP) is 3.75. The van der Waals surface area contributed by atoms with Crippen molar-refractivity contribution in [3.05, 3.63) is 24.3 Å². The number of nitrogens with zero attached hydrogens (tertiary/aromatic N) is 1. The summed E-state index contributed by atoms with van der Waals surface area (Å²) >= 11 is 0. The molecule has 1 aliphatic rings. The second kappa shape index (κ2) is 10.3. The highest BCUT2D eigenvalue weighted by Gasteiger charge is 2.41. The molecule has 0 radical (unpaired) electrons. The maximum Gasteiger partial charge on any atom is 0.391 e. The summed E-state index contributed by atoms with van der Waals surface area (Å²) in [4.78, 5) is 4.14. The normalized spacial score (nSPS) is 20.9. The van der Waals surface area contributed by atoms with E-state index in [4.69, 9.17) is 9.47 Å². The number of alkyl halides is 3. The maximum atomic E-state index is 12.7. The zero-order valence-corrected chi connectivity index (χ0v) is 15.8. The van der Waals surface area contributed by atoms with Crippen molar-refractivity contribution in [3.8, 4) is 11.5 Å². The maximum absolute atomic E-state index is 12.7. The van der Waals surface area contributed by atoms with Crippen LogP contribution < -0.4 is 20.1 Å². The van der Waals surface area contributed by atoms with E-state index in [1.807, 2.05) is 24.3 Å². The summed E-state index contributed by atoms with van der Waals surface area (Å²) in [7, 11) is 3.26. The van der Waals surface area contributed by atoms with Crippen molar-refractivity contribution < 1.29 is 22.6 Å². The highest BCUT2D eigenvalue weighted by molar-refractivity contribution is 5.79. The quantitative estimate of drug-likeness (QED) is 0.425. The third-order valence-corrected chi connectivity index (χ3v) is 4.68. The van der Waals surface area contributed by atoms with Crippen LogP contribution in [0, 0.1) is 5.92 Å². The number of hydrogen-bond acceptors (Lipinski definition) is 3. The molecule has 152 valence electrons. The molecule has 1 aliphatic carbocycles. The van der Waals surface area contributed by atoms with Crippen LogP contribution in [-0.4, -0.2) is 45.5 Å². The summed E-state index contributed by atoms with van der Waals surface area (Å²) in [5, 5.41) is 6.39. The summed E-state index contributed by atoms with van der Waals surface area (Å²) in [6.45, 7) is 1.19. The van der Waals surface area contributed by atoms with E-state index >= 15 is 0 Å². The highest BCUT2D eigenvalue weighted by atomic mass is 19.4. The Balaban J connectivity index is 1.63. The van der Waals surface area contributed by atoms with E-state index in [9.17, 15) is 13.2 Å². The molecule has 0 unspecified atom stereocenters. The number of hydrogen-bond donors (Lipinski definition) is 2. The van der Waals surface area contributed by atoms with Crippen LogP contribution in [0.4, 0.5) is 13.2 Å². The van der Waals surface area contributed by atoms with Gasteiger partial charge < -0.3 is 20.1 Å². The number of rotatable bonds is 7. The Hall–Kier alpha value is -2.12. The minimum absolute atomic E-state index is 0.0304. The predicted molar refractivity (Wildman–Crippen MR) is 99.4 cm³/mol. The van der Waals surface area contributed by atoms with E-state index in [-0.39, 0.29) is 18.9 Å². The summed E-state index contributed by atoms with van der Waals surface area (Å²) in [6.07, 6.45) is -1.96. The molecule has 0 heterocycles. The van der Waals surface area contributed by atoms with Gasteiger partial charge >= 0.3 is 6.18 Å².